The molecule has 4 atom stereocenters. The number of likely N-dealkylation sites (tertiary alicyclic amines) is 1. The molecular formula is C18H22N3O4+. The Kier molecular flexibility index (Phi) is 3.49. The molecule has 0 bridgehead atoms. The molecule has 2 saturated heterocycles. The summed E-state index contributed by atoms with van der Waals surface area (Å²) in [6.07, 6.45) is 0. The molecule has 2 fully saturated rings. The number of rotatable bonds is 3. The van der Waals surface area contributed by atoms with Crippen LogP contribution in [0.15, 0.2) is 18.2 Å². The molecule has 4 rings (SSSR count). The van der Waals surface area contributed by atoms with Crippen molar-refractivity contribution in [3.8, 4) is 0 Å². The summed E-state index contributed by atoms with van der Waals surface area (Å²) >= 11 is 0. The van der Waals surface area contributed by atoms with Crippen molar-refractivity contribution in [1.82, 2.24) is 4.90 Å². The topological polar surface area (TPSA) is 92.3 Å². The molecule has 1 aromatic carbocycles. The molecule has 3 heterocycles. The number of nitrogens with two attached hydrogens (primary N) is 1. The standard InChI is InChI=1S/C18H21N3O4/c1-9-5-4-6-11-14(9)19-17(24)18(11)13-12(10(2)20-18)15(22)21(16(13)23)7-8-25-3/h4-6,10,12-13,20H,7-8H2,1-3H3,(H,19,24)/p+1/t10-,12-,13+,18+/m1/s1. The highest BCUT2D eigenvalue weighted by Crippen LogP contribution is 2.49. The van der Waals surface area contributed by atoms with E-state index in [-0.39, 0.29) is 30.3 Å². The number of anilines is 1. The molecule has 0 saturated carbocycles. The van der Waals surface area contributed by atoms with Gasteiger partial charge in [0.15, 0.2) is 0 Å². The minimum absolute atomic E-state index is 0.147. The molecule has 7 nitrogen and oxygen atoms in total. The molecule has 3 aliphatic rings. The van der Waals surface area contributed by atoms with Gasteiger partial charge in [0.2, 0.25) is 17.4 Å². The third kappa shape index (κ3) is 1.90. The van der Waals surface area contributed by atoms with E-state index in [1.165, 1.54) is 12.0 Å². The van der Waals surface area contributed by atoms with E-state index in [0.29, 0.717) is 6.61 Å². The lowest BCUT2D eigenvalue weighted by Gasteiger charge is -2.25. The third-order valence-corrected chi connectivity index (χ3v) is 5.88. The number of nitrogens with one attached hydrogen (secondary N) is 1. The molecule has 1 spiro atoms. The Hall–Kier alpha value is -2.25. The van der Waals surface area contributed by atoms with Crippen LogP contribution in [0.5, 0.6) is 0 Å². The first-order valence-electron chi connectivity index (χ1n) is 8.55. The zero-order chi connectivity index (χ0) is 17.9. The number of carbonyl (C=O) groups is 3. The number of fused-ring (bicyclic) bond motifs is 4. The molecule has 0 radical (unpaired) electrons. The van der Waals surface area contributed by atoms with E-state index in [1.54, 1.807) is 0 Å². The van der Waals surface area contributed by atoms with Gasteiger partial charge < -0.3 is 15.4 Å². The fourth-order valence-electron chi connectivity index (χ4n) is 4.78. The summed E-state index contributed by atoms with van der Waals surface area (Å²) in [4.78, 5) is 40.2. The normalized spacial score (nSPS) is 33.2. The minimum Gasteiger partial charge on any atom is -0.383 e. The fraction of sp³-hybridized carbons (Fsp3) is 0.500. The number of quaternary nitrogens is 1. The zero-order valence-electron chi connectivity index (χ0n) is 14.5. The van der Waals surface area contributed by atoms with Gasteiger partial charge in [0, 0.05) is 12.7 Å². The van der Waals surface area contributed by atoms with Crippen LogP contribution in [-0.4, -0.2) is 48.9 Å². The van der Waals surface area contributed by atoms with Gasteiger partial charge >= 0.3 is 0 Å². The average molecular weight is 344 g/mol. The van der Waals surface area contributed by atoms with Crippen LogP contribution < -0.4 is 10.6 Å². The van der Waals surface area contributed by atoms with E-state index in [4.69, 9.17) is 4.74 Å². The molecule has 3 amide bonds. The Morgan fingerprint density at radius 2 is 2.04 bits per heavy atom. The van der Waals surface area contributed by atoms with Crippen LogP contribution in [0.2, 0.25) is 0 Å². The van der Waals surface area contributed by atoms with Crippen LogP contribution >= 0.6 is 0 Å². The van der Waals surface area contributed by atoms with Crippen molar-refractivity contribution >= 4 is 23.4 Å². The second kappa shape index (κ2) is 5.37. The monoisotopic (exact) mass is 344 g/mol. The van der Waals surface area contributed by atoms with E-state index in [1.807, 2.05) is 37.4 Å². The van der Waals surface area contributed by atoms with Crippen LogP contribution in [0, 0.1) is 18.8 Å². The van der Waals surface area contributed by atoms with Gasteiger partial charge in [-0.15, -0.1) is 0 Å². The summed E-state index contributed by atoms with van der Waals surface area (Å²) < 4.78 is 5.03. The van der Waals surface area contributed by atoms with Gasteiger partial charge in [-0.25, -0.2) is 0 Å². The Balaban J connectivity index is 1.84. The first-order chi connectivity index (χ1) is 11.9. The Morgan fingerprint density at radius 1 is 1.28 bits per heavy atom. The van der Waals surface area contributed by atoms with Gasteiger partial charge in [-0.05, 0) is 19.4 Å². The van der Waals surface area contributed by atoms with Crippen LogP contribution in [0.1, 0.15) is 18.1 Å². The molecule has 7 heteroatoms. The molecule has 3 N–H and O–H groups in total. The van der Waals surface area contributed by atoms with E-state index in [9.17, 15) is 14.4 Å². The van der Waals surface area contributed by atoms with Crippen molar-refractivity contribution in [3.63, 3.8) is 0 Å². The van der Waals surface area contributed by atoms with Crippen LogP contribution in [0.3, 0.4) is 0 Å². The van der Waals surface area contributed by atoms with Crippen molar-refractivity contribution < 1.29 is 24.4 Å². The summed E-state index contributed by atoms with van der Waals surface area (Å²) in [6, 6.07) is 5.57. The minimum atomic E-state index is -1.06. The van der Waals surface area contributed by atoms with Gasteiger partial charge in [-0.2, -0.15) is 0 Å². The van der Waals surface area contributed by atoms with E-state index >= 15 is 0 Å². The van der Waals surface area contributed by atoms with E-state index in [2.05, 4.69) is 5.32 Å². The predicted molar refractivity (Wildman–Crippen MR) is 88.5 cm³/mol. The molecular weight excluding hydrogens is 322 g/mol. The summed E-state index contributed by atoms with van der Waals surface area (Å²) in [5.74, 6) is -1.82. The van der Waals surface area contributed by atoms with Crippen LogP contribution in [0.4, 0.5) is 5.69 Å². The summed E-state index contributed by atoms with van der Waals surface area (Å²) in [5.41, 5.74) is 1.49. The Bertz CT molecular complexity index is 793. The quantitative estimate of drug-likeness (QED) is 0.713. The highest BCUT2D eigenvalue weighted by Gasteiger charge is 2.73. The SMILES string of the molecule is COCCN1C(=O)[C@H]2[C@@H](C1=O)[C@]1([NH2+][C@@H]2C)C(=O)Nc2c(C)cccc21. The third-order valence-electron chi connectivity index (χ3n) is 5.88. The smallest absolute Gasteiger partial charge is 0.291 e. The molecule has 0 unspecified atom stereocenters. The van der Waals surface area contributed by atoms with E-state index < -0.39 is 17.4 Å². The maximum atomic E-state index is 13.1. The number of methoxy groups -OCH3 is 1. The summed E-state index contributed by atoms with van der Waals surface area (Å²) in [5, 5.41) is 4.86. The number of ether oxygens (including phenoxy) is 1. The van der Waals surface area contributed by atoms with Gasteiger partial charge in [-0.1, -0.05) is 18.2 Å². The molecule has 3 aliphatic heterocycles. The number of amides is 3. The molecule has 132 valence electrons. The molecule has 0 aliphatic carbocycles. The predicted octanol–water partition coefficient (Wildman–Crippen LogP) is -0.644. The Labute approximate surface area is 145 Å². The lowest BCUT2D eigenvalue weighted by atomic mass is 9.76. The highest BCUT2D eigenvalue weighted by atomic mass is 16.5. The second-order valence-electron chi connectivity index (χ2n) is 7.17. The number of imide groups is 1. The highest BCUT2D eigenvalue weighted by molar-refractivity contribution is 6.14. The number of hydrogen-bond donors (Lipinski definition) is 2. The first kappa shape index (κ1) is 16.2. The summed E-state index contributed by atoms with van der Waals surface area (Å²) in [7, 11) is 1.53. The lowest BCUT2D eigenvalue weighted by Crippen LogP contribution is -2.98. The van der Waals surface area contributed by atoms with Gasteiger partial charge in [0.1, 0.15) is 11.8 Å². The maximum absolute atomic E-state index is 13.1. The molecule has 1 aromatic rings. The Morgan fingerprint density at radius 3 is 2.76 bits per heavy atom. The van der Waals surface area contributed by atoms with Crippen molar-refractivity contribution in [2.24, 2.45) is 11.8 Å². The second-order valence-corrected chi connectivity index (χ2v) is 7.17. The molecule has 25 heavy (non-hydrogen) atoms. The van der Waals surface area contributed by atoms with Crippen LogP contribution in [0.25, 0.3) is 0 Å². The lowest BCUT2D eigenvalue weighted by molar-refractivity contribution is -0.730. The van der Waals surface area contributed by atoms with Crippen molar-refractivity contribution in [2.75, 3.05) is 25.6 Å². The number of para-hydroxylation sites is 1. The van der Waals surface area contributed by atoms with Gasteiger partial charge in [0.25, 0.3) is 5.91 Å². The van der Waals surface area contributed by atoms with Crippen molar-refractivity contribution in [2.45, 2.75) is 25.4 Å². The number of benzene rings is 1. The largest absolute Gasteiger partial charge is 0.383 e. The fourth-order valence-corrected chi connectivity index (χ4v) is 4.78. The number of hydrogen-bond acceptors (Lipinski definition) is 4. The van der Waals surface area contributed by atoms with E-state index in [0.717, 1.165) is 16.8 Å². The number of aryl methyl sites for hydroxylation is 1. The average Bonchev–Trinajstić information content (AvgIpc) is 3.13. The van der Waals surface area contributed by atoms with Crippen molar-refractivity contribution in [3.05, 3.63) is 29.3 Å². The first-order valence-corrected chi connectivity index (χ1v) is 8.55. The zero-order valence-corrected chi connectivity index (χ0v) is 14.5. The van der Waals surface area contributed by atoms with Gasteiger partial charge in [0.05, 0.1) is 24.9 Å². The summed E-state index contributed by atoms with van der Waals surface area (Å²) in [6.45, 7) is 4.37. The number of nitrogens with zero attached hydrogens (tertiary/aromatic N) is 1. The van der Waals surface area contributed by atoms with Crippen molar-refractivity contribution in [1.29, 1.82) is 0 Å². The molecule has 0 aromatic heterocycles. The van der Waals surface area contributed by atoms with Gasteiger partial charge in [-0.3, -0.25) is 19.3 Å². The number of carbonyl (C=O) groups excluding carboxylic acids is 3. The van der Waals surface area contributed by atoms with Crippen LogP contribution in [-0.2, 0) is 24.7 Å². The maximum Gasteiger partial charge on any atom is 0.291 e.